The fraction of sp³-hybridized carbons (Fsp3) is 0.500. The first-order chi connectivity index (χ1) is 6.49. The monoisotopic (exact) mass is 216 g/mol. The highest BCUT2D eigenvalue weighted by atomic mass is 32.2. The van der Waals surface area contributed by atoms with E-state index in [1.54, 1.807) is 0 Å². The fourth-order valence-electron chi connectivity index (χ4n) is 1.03. The van der Waals surface area contributed by atoms with Gasteiger partial charge in [0, 0.05) is 7.05 Å². The predicted octanol–water partition coefficient (Wildman–Crippen LogP) is -0.214. The number of barbiturate groups is 1. The number of amides is 4. The van der Waals surface area contributed by atoms with Gasteiger partial charge in [-0.2, -0.15) is 10.5 Å². The molecule has 0 radical (unpaired) electrons. The Bertz CT molecular complexity index is 348. The van der Waals surface area contributed by atoms with E-state index < -0.39 is 28.3 Å². The first kappa shape index (κ1) is 10.9. The number of carbonyl (C=O) groups excluding carboxylic acids is 3. The van der Waals surface area contributed by atoms with Crippen LogP contribution in [0.25, 0.3) is 0 Å². The number of hydrogen-bond acceptors (Lipinski definition) is 3. The molecule has 0 bridgehead atoms. The summed E-state index contributed by atoms with van der Waals surface area (Å²) in [5, 5.41) is 2.12. The van der Waals surface area contributed by atoms with Gasteiger partial charge in [-0.15, -0.1) is 0 Å². The SMILES string of the molecule is CC/S(C)=C1/C(=O)NC(=O)N(C)C1=O. The molecule has 1 saturated heterocycles. The van der Waals surface area contributed by atoms with Gasteiger partial charge in [-0.3, -0.25) is 19.8 Å². The van der Waals surface area contributed by atoms with Crippen LogP contribution in [-0.4, -0.2) is 46.7 Å². The average Bonchev–Trinajstić information content (AvgIpc) is 2.14. The Balaban J connectivity index is 3.15. The normalized spacial score (nSPS) is 22.4. The molecule has 1 fully saturated rings. The van der Waals surface area contributed by atoms with Gasteiger partial charge in [0.25, 0.3) is 11.8 Å². The van der Waals surface area contributed by atoms with Gasteiger partial charge in [0.1, 0.15) is 4.86 Å². The Morgan fingerprint density at radius 1 is 1.36 bits per heavy atom. The summed E-state index contributed by atoms with van der Waals surface area (Å²) in [4.78, 5) is 35.1. The second-order valence-electron chi connectivity index (χ2n) is 2.88. The lowest BCUT2D eigenvalue weighted by Gasteiger charge is -2.23. The third-order valence-electron chi connectivity index (χ3n) is 2.01. The zero-order chi connectivity index (χ0) is 10.9. The molecule has 1 atom stereocenters. The molecule has 1 aliphatic rings. The summed E-state index contributed by atoms with van der Waals surface area (Å²) in [7, 11) is 0.960. The standard InChI is InChI=1S/C8H12N2O3S/c1-4-14(3)5-6(11)9-8(13)10(2)7(5)12/h4H2,1-3H3,(H,9,11,13). The van der Waals surface area contributed by atoms with Crippen LogP contribution < -0.4 is 5.32 Å². The van der Waals surface area contributed by atoms with Gasteiger partial charge in [-0.05, 0) is 12.0 Å². The van der Waals surface area contributed by atoms with E-state index >= 15 is 0 Å². The minimum Gasteiger partial charge on any atom is -0.273 e. The third-order valence-corrected chi connectivity index (χ3v) is 3.93. The molecule has 14 heavy (non-hydrogen) atoms. The summed E-state index contributed by atoms with van der Waals surface area (Å²) in [6, 6.07) is -0.656. The summed E-state index contributed by atoms with van der Waals surface area (Å²) >= 11 is 0. The molecule has 0 aromatic carbocycles. The van der Waals surface area contributed by atoms with Crippen LogP contribution in [0, 0.1) is 0 Å². The Morgan fingerprint density at radius 2 is 1.93 bits per heavy atom. The van der Waals surface area contributed by atoms with Crippen molar-refractivity contribution in [3.8, 4) is 0 Å². The zero-order valence-electron chi connectivity index (χ0n) is 8.29. The first-order valence-electron chi connectivity index (χ1n) is 4.11. The van der Waals surface area contributed by atoms with Crippen LogP contribution in [0.5, 0.6) is 0 Å². The number of hydrogen-bond donors (Lipinski definition) is 1. The van der Waals surface area contributed by atoms with Crippen molar-refractivity contribution in [2.75, 3.05) is 19.1 Å². The van der Waals surface area contributed by atoms with Crippen molar-refractivity contribution in [1.82, 2.24) is 10.2 Å². The van der Waals surface area contributed by atoms with Gasteiger partial charge >= 0.3 is 6.03 Å². The van der Waals surface area contributed by atoms with Crippen molar-refractivity contribution in [3.05, 3.63) is 0 Å². The third kappa shape index (κ3) is 1.70. The van der Waals surface area contributed by atoms with E-state index in [1.165, 1.54) is 7.05 Å². The summed E-state index contributed by atoms with van der Waals surface area (Å²) in [5.74, 6) is -0.312. The van der Waals surface area contributed by atoms with Crippen LogP contribution in [0.15, 0.2) is 0 Å². The van der Waals surface area contributed by atoms with Gasteiger partial charge < -0.3 is 0 Å². The molecule has 4 amide bonds. The van der Waals surface area contributed by atoms with Crippen LogP contribution in [0.1, 0.15) is 6.92 Å². The molecule has 1 aliphatic heterocycles. The molecule has 6 heteroatoms. The van der Waals surface area contributed by atoms with Crippen molar-refractivity contribution < 1.29 is 14.4 Å². The molecule has 1 heterocycles. The minimum atomic E-state index is -0.656. The maximum absolute atomic E-state index is 11.6. The van der Waals surface area contributed by atoms with Crippen molar-refractivity contribution in [2.24, 2.45) is 0 Å². The summed E-state index contributed by atoms with van der Waals surface area (Å²) < 4.78 is 0. The van der Waals surface area contributed by atoms with E-state index in [1.807, 2.05) is 13.2 Å². The number of imide groups is 2. The van der Waals surface area contributed by atoms with Crippen molar-refractivity contribution in [1.29, 1.82) is 0 Å². The molecule has 1 rings (SSSR count). The highest BCUT2D eigenvalue weighted by Gasteiger charge is 2.34. The molecule has 0 aliphatic carbocycles. The minimum absolute atomic E-state index is 0.189. The van der Waals surface area contributed by atoms with E-state index in [2.05, 4.69) is 5.32 Å². The quantitative estimate of drug-likeness (QED) is 0.616. The van der Waals surface area contributed by atoms with Gasteiger partial charge in [0.05, 0.1) is 0 Å². The van der Waals surface area contributed by atoms with Crippen molar-refractivity contribution >= 4 is 33.2 Å². The topological polar surface area (TPSA) is 66.5 Å². The largest absolute Gasteiger partial charge is 0.331 e. The average molecular weight is 216 g/mol. The Kier molecular flexibility index (Phi) is 3.05. The zero-order valence-corrected chi connectivity index (χ0v) is 9.10. The molecule has 0 aromatic rings. The second-order valence-corrected chi connectivity index (χ2v) is 5.14. The maximum atomic E-state index is 11.6. The molecule has 78 valence electrons. The van der Waals surface area contributed by atoms with Gasteiger partial charge in [0.15, 0.2) is 0 Å². The highest BCUT2D eigenvalue weighted by molar-refractivity contribution is 8.17. The van der Waals surface area contributed by atoms with E-state index in [-0.39, 0.29) is 4.86 Å². The predicted molar refractivity (Wildman–Crippen MR) is 55.4 cm³/mol. The number of nitrogens with one attached hydrogen (secondary N) is 1. The van der Waals surface area contributed by atoms with Crippen LogP contribution in [0.4, 0.5) is 4.79 Å². The summed E-state index contributed by atoms with van der Waals surface area (Å²) in [6.07, 6.45) is 1.82. The molecule has 0 aromatic heterocycles. The van der Waals surface area contributed by atoms with Gasteiger partial charge in [0.2, 0.25) is 0 Å². The molecular formula is C8H12N2O3S. The Labute approximate surface area is 84.4 Å². The number of nitrogens with zero attached hydrogens (tertiary/aromatic N) is 1. The second kappa shape index (κ2) is 3.91. The number of urea groups is 1. The smallest absolute Gasteiger partial charge is 0.273 e. The maximum Gasteiger partial charge on any atom is 0.331 e. The first-order valence-corrected chi connectivity index (χ1v) is 5.92. The molecule has 1 N–H and O–H groups in total. The van der Waals surface area contributed by atoms with E-state index in [0.717, 1.165) is 10.7 Å². The molecule has 0 spiro atoms. The molecule has 5 nitrogen and oxygen atoms in total. The van der Waals surface area contributed by atoms with Crippen LogP contribution in [0.2, 0.25) is 0 Å². The van der Waals surface area contributed by atoms with E-state index in [4.69, 9.17) is 0 Å². The Hall–Kier alpha value is -1.17. The highest BCUT2D eigenvalue weighted by Crippen LogP contribution is 2.13. The fourth-order valence-corrected chi connectivity index (χ4v) is 2.12. The van der Waals surface area contributed by atoms with Crippen molar-refractivity contribution in [3.63, 3.8) is 0 Å². The lowest BCUT2D eigenvalue weighted by molar-refractivity contribution is -0.124. The lowest BCUT2D eigenvalue weighted by atomic mass is 10.3. The van der Waals surface area contributed by atoms with Crippen LogP contribution in [-0.2, 0) is 9.59 Å². The van der Waals surface area contributed by atoms with Crippen LogP contribution >= 0.6 is 10.5 Å². The van der Waals surface area contributed by atoms with Gasteiger partial charge in [-0.25, -0.2) is 4.79 Å². The molecule has 0 saturated carbocycles. The summed E-state index contributed by atoms with van der Waals surface area (Å²) in [5.41, 5.74) is 0. The van der Waals surface area contributed by atoms with Crippen LogP contribution in [0.3, 0.4) is 0 Å². The lowest BCUT2D eigenvalue weighted by Crippen LogP contribution is -2.56. The van der Waals surface area contributed by atoms with E-state index in [9.17, 15) is 14.4 Å². The number of carbonyl (C=O) groups is 3. The summed E-state index contributed by atoms with van der Waals surface area (Å²) in [6.45, 7) is 1.90. The van der Waals surface area contributed by atoms with Crippen molar-refractivity contribution in [2.45, 2.75) is 6.92 Å². The van der Waals surface area contributed by atoms with E-state index in [0.29, 0.717) is 0 Å². The number of rotatable bonds is 1. The van der Waals surface area contributed by atoms with Gasteiger partial charge in [-0.1, -0.05) is 6.92 Å². The molecular weight excluding hydrogens is 204 g/mol. The molecule has 1 unspecified atom stereocenters. The Morgan fingerprint density at radius 3 is 2.43 bits per heavy atom.